The minimum absolute atomic E-state index is 0.896. The Bertz CT molecular complexity index is 454. The summed E-state index contributed by atoms with van der Waals surface area (Å²) in [5.41, 5.74) is 3.62. The fourth-order valence-corrected chi connectivity index (χ4v) is 2.19. The summed E-state index contributed by atoms with van der Waals surface area (Å²) in [7, 11) is 0. The van der Waals surface area contributed by atoms with Crippen LogP contribution in [0.15, 0.2) is 41.4 Å². The number of rotatable bonds is 2. The van der Waals surface area contributed by atoms with Crippen molar-refractivity contribution in [1.29, 1.82) is 0 Å². The molecule has 0 aromatic carbocycles. The summed E-state index contributed by atoms with van der Waals surface area (Å²) in [6, 6.07) is 6.06. The van der Waals surface area contributed by atoms with E-state index in [2.05, 4.69) is 38.9 Å². The van der Waals surface area contributed by atoms with Crippen molar-refractivity contribution < 1.29 is 0 Å². The van der Waals surface area contributed by atoms with Crippen LogP contribution in [0, 0.1) is 0 Å². The molecule has 0 atom stereocenters. The Kier molecular flexibility index (Phi) is 3.11. The summed E-state index contributed by atoms with van der Waals surface area (Å²) in [4.78, 5) is 8.28. The lowest BCUT2D eigenvalue weighted by Gasteiger charge is -2.08. The van der Waals surface area contributed by atoms with E-state index in [1.165, 1.54) is 11.1 Å². The normalized spacial score (nSPS) is 10.3. The molecule has 2 rings (SSSR count). The van der Waals surface area contributed by atoms with Gasteiger partial charge in [0.2, 0.25) is 0 Å². The van der Waals surface area contributed by atoms with E-state index in [9.17, 15) is 0 Å². The SMILES string of the molecule is CCc1ccnc(Br)c1-c1ccncc1. The van der Waals surface area contributed by atoms with Crippen LogP contribution in [-0.2, 0) is 6.42 Å². The second-order valence-corrected chi connectivity index (χ2v) is 3.98. The molecular weight excluding hydrogens is 252 g/mol. The van der Waals surface area contributed by atoms with Crippen LogP contribution in [0.25, 0.3) is 11.1 Å². The van der Waals surface area contributed by atoms with Crippen molar-refractivity contribution in [3.63, 3.8) is 0 Å². The van der Waals surface area contributed by atoms with Crippen LogP contribution in [0.5, 0.6) is 0 Å². The lowest BCUT2D eigenvalue weighted by molar-refractivity contribution is 1.11. The Morgan fingerprint density at radius 1 is 1.13 bits per heavy atom. The molecule has 0 fully saturated rings. The summed E-state index contributed by atoms with van der Waals surface area (Å²) >= 11 is 3.49. The van der Waals surface area contributed by atoms with Gasteiger partial charge in [-0.1, -0.05) is 6.92 Å². The molecule has 15 heavy (non-hydrogen) atoms. The summed E-state index contributed by atoms with van der Waals surface area (Å²) < 4.78 is 0.896. The second-order valence-electron chi connectivity index (χ2n) is 3.23. The average molecular weight is 263 g/mol. The quantitative estimate of drug-likeness (QED) is 0.775. The van der Waals surface area contributed by atoms with Crippen molar-refractivity contribution in [2.45, 2.75) is 13.3 Å². The molecule has 3 heteroatoms. The minimum atomic E-state index is 0.896. The Labute approximate surface area is 97.5 Å². The van der Waals surface area contributed by atoms with Crippen molar-refractivity contribution in [1.82, 2.24) is 9.97 Å². The third-order valence-electron chi connectivity index (χ3n) is 2.34. The molecule has 2 aromatic rings. The van der Waals surface area contributed by atoms with E-state index in [0.717, 1.165) is 16.6 Å². The molecule has 0 aliphatic heterocycles. The lowest BCUT2D eigenvalue weighted by atomic mass is 10.0. The highest BCUT2D eigenvalue weighted by atomic mass is 79.9. The summed E-state index contributed by atoms with van der Waals surface area (Å²) in [6.45, 7) is 2.15. The number of halogens is 1. The van der Waals surface area contributed by atoms with E-state index < -0.39 is 0 Å². The van der Waals surface area contributed by atoms with E-state index >= 15 is 0 Å². The standard InChI is InChI=1S/C12H11BrN2/c1-2-9-5-8-15-12(13)11(9)10-3-6-14-7-4-10/h3-8H,2H2,1H3. The van der Waals surface area contributed by atoms with Crippen molar-refractivity contribution in [3.8, 4) is 11.1 Å². The Morgan fingerprint density at radius 2 is 1.87 bits per heavy atom. The molecule has 0 aliphatic rings. The first kappa shape index (κ1) is 10.3. The van der Waals surface area contributed by atoms with E-state index in [-0.39, 0.29) is 0 Å². The zero-order valence-corrected chi connectivity index (χ0v) is 10.0. The molecule has 0 saturated carbocycles. The van der Waals surface area contributed by atoms with Gasteiger partial charge < -0.3 is 0 Å². The molecule has 0 radical (unpaired) electrons. The molecule has 2 aromatic heterocycles. The van der Waals surface area contributed by atoms with Gasteiger partial charge in [0.15, 0.2) is 0 Å². The maximum Gasteiger partial charge on any atom is 0.114 e. The van der Waals surface area contributed by atoms with Gasteiger partial charge in [-0.2, -0.15) is 0 Å². The number of aromatic nitrogens is 2. The van der Waals surface area contributed by atoms with Crippen LogP contribution < -0.4 is 0 Å². The maximum absolute atomic E-state index is 4.26. The highest BCUT2D eigenvalue weighted by Crippen LogP contribution is 2.29. The summed E-state index contributed by atoms with van der Waals surface area (Å²) in [6.07, 6.45) is 6.43. The summed E-state index contributed by atoms with van der Waals surface area (Å²) in [5.74, 6) is 0. The van der Waals surface area contributed by atoms with Crippen molar-refractivity contribution in [2.24, 2.45) is 0 Å². The number of hydrogen-bond donors (Lipinski definition) is 0. The van der Waals surface area contributed by atoms with Gasteiger partial charge in [-0.15, -0.1) is 0 Å². The zero-order chi connectivity index (χ0) is 10.7. The predicted octanol–water partition coefficient (Wildman–Crippen LogP) is 3.47. The van der Waals surface area contributed by atoms with Crippen molar-refractivity contribution in [3.05, 3.63) is 47.0 Å². The van der Waals surface area contributed by atoms with Crippen LogP contribution >= 0.6 is 15.9 Å². The molecule has 2 heterocycles. The lowest BCUT2D eigenvalue weighted by Crippen LogP contribution is -1.91. The third kappa shape index (κ3) is 2.07. The van der Waals surface area contributed by atoms with Gasteiger partial charge in [0.1, 0.15) is 4.60 Å². The van der Waals surface area contributed by atoms with Crippen LogP contribution in [0.4, 0.5) is 0 Å². The highest BCUT2D eigenvalue weighted by Gasteiger charge is 2.08. The molecule has 0 unspecified atom stereocenters. The van der Waals surface area contributed by atoms with Crippen LogP contribution in [-0.4, -0.2) is 9.97 Å². The predicted molar refractivity (Wildman–Crippen MR) is 64.5 cm³/mol. The summed E-state index contributed by atoms with van der Waals surface area (Å²) in [5, 5.41) is 0. The molecule has 0 amide bonds. The molecule has 0 saturated heterocycles. The molecule has 0 spiro atoms. The van der Waals surface area contributed by atoms with Gasteiger partial charge in [0, 0.05) is 24.2 Å². The minimum Gasteiger partial charge on any atom is -0.265 e. The number of nitrogens with zero attached hydrogens (tertiary/aromatic N) is 2. The monoisotopic (exact) mass is 262 g/mol. The Morgan fingerprint density at radius 3 is 2.53 bits per heavy atom. The van der Waals surface area contributed by atoms with E-state index in [0.29, 0.717) is 0 Å². The van der Waals surface area contributed by atoms with Gasteiger partial charge in [-0.05, 0) is 51.7 Å². The first-order chi connectivity index (χ1) is 7.33. The van der Waals surface area contributed by atoms with Gasteiger partial charge in [-0.3, -0.25) is 4.98 Å². The molecular formula is C12H11BrN2. The van der Waals surface area contributed by atoms with Gasteiger partial charge >= 0.3 is 0 Å². The first-order valence-corrected chi connectivity index (χ1v) is 5.66. The second kappa shape index (κ2) is 4.53. The molecule has 0 aliphatic carbocycles. The van der Waals surface area contributed by atoms with Crippen molar-refractivity contribution >= 4 is 15.9 Å². The fourth-order valence-electron chi connectivity index (χ4n) is 1.59. The van der Waals surface area contributed by atoms with Crippen LogP contribution in [0.1, 0.15) is 12.5 Å². The number of hydrogen-bond acceptors (Lipinski definition) is 2. The molecule has 0 bridgehead atoms. The van der Waals surface area contributed by atoms with Gasteiger partial charge in [0.05, 0.1) is 0 Å². The van der Waals surface area contributed by atoms with Gasteiger partial charge in [0.25, 0.3) is 0 Å². The topological polar surface area (TPSA) is 25.8 Å². The fraction of sp³-hybridized carbons (Fsp3) is 0.167. The van der Waals surface area contributed by atoms with Gasteiger partial charge in [-0.25, -0.2) is 4.98 Å². The third-order valence-corrected chi connectivity index (χ3v) is 2.94. The smallest absolute Gasteiger partial charge is 0.114 e. The molecule has 0 N–H and O–H groups in total. The van der Waals surface area contributed by atoms with E-state index in [1.54, 1.807) is 12.4 Å². The number of pyridine rings is 2. The zero-order valence-electron chi connectivity index (χ0n) is 8.44. The molecule has 76 valence electrons. The largest absolute Gasteiger partial charge is 0.265 e. The Balaban J connectivity index is 2.61. The van der Waals surface area contributed by atoms with E-state index in [1.807, 2.05) is 18.3 Å². The molecule has 2 nitrogen and oxygen atoms in total. The van der Waals surface area contributed by atoms with Crippen LogP contribution in [0.3, 0.4) is 0 Å². The average Bonchev–Trinajstić information content (AvgIpc) is 2.29. The van der Waals surface area contributed by atoms with Crippen LogP contribution in [0.2, 0.25) is 0 Å². The highest BCUT2D eigenvalue weighted by molar-refractivity contribution is 9.10. The van der Waals surface area contributed by atoms with E-state index in [4.69, 9.17) is 0 Å². The van der Waals surface area contributed by atoms with Crippen molar-refractivity contribution in [2.75, 3.05) is 0 Å². The first-order valence-electron chi connectivity index (χ1n) is 4.86. The maximum atomic E-state index is 4.26. The Hall–Kier alpha value is -1.22. The number of aryl methyl sites for hydroxylation is 1.